The van der Waals surface area contributed by atoms with Gasteiger partial charge in [0.25, 0.3) is 0 Å². The molecule has 0 spiro atoms. The van der Waals surface area contributed by atoms with Gasteiger partial charge < -0.3 is 5.73 Å². The summed E-state index contributed by atoms with van der Waals surface area (Å²) >= 11 is 1.68. The molecule has 0 aliphatic carbocycles. The van der Waals surface area contributed by atoms with Gasteiger partial charge in [-0.1, -0.05) is 25.1 Å². The van der Waals surface area contributed by atoms with Crippen molar-refractivity contribution in [3.8, 4) is 0 Å². The van der Waals surface area contributed by atoms with Crippen molar-refractivity contribution in [2.45, 2.75) is 12.2 Å². The Morgan fingerprint density at radius 3 is 2.69 bits per heavy atom. The Morgan fingerprint density at radius 1 is 1.46 bits per heavy atom. The zero-order valence-corrected chi connectivity index (χ0v) is 8.48. The molecule has 1 nitrogen and oxygen atoms in total. The van der Waals surface area contributed by atoms with Crippen molar-refractivity contribution >= 4 is 11.8 Å². The highest BCUT2D eigenvalue weighted by molar-refractivity contribution is 7.99. The van der Waals surface area contributed by atoms with Gasteiger partial charge in [-0.25, -0.2) is 4.39 Å². The molecule has 2 N–H and O–H groups in total. The van der Waals surface area contributed by atoms with Crippen molar-refractivity contribution < 1.29 is 4.39 Å². The van der Waals surface area contributed by atoms with Gasteiger partial charge in [-0.05, 0) is 11.8 Å². The Hall–Kier alpha value is -0.540. The number of halogens is 1. The molecule has 72 valence electrons. The molecule has 0 aromatic heterocycles. The largest absolute Gasteiger partial charge is 0.329 e. The van der Waals surface area contributed by atoms with Crippen LogP contribution in [-0.2, 0) is 0 Å². The zero-order chi connectivity index (χ0) is 9.68. The monoisotopic (exact) mass is 199 g/mol. The molecule has 0 saturated heterocycles. The Bertz CT molecular complexity index is 265. The number of hydrogen-bond acceptors (Lipinski definition) is 2. The Labute approximate surface area is 82.5 Å². The fraction of sp³-hybridized carbons (Fsp3) is 0.400. The van der Waals surface area contributed by atoms with E-state index in [2.05, 4.69) is 0 Å². The second-order valence-electron chi connectivity index (χ2n) is 2.70. The van der Waals surface area contributed by atoms with E-state index >= 15 is 0 Å². The minimum absolute atomic E-state index is 0.0891. The lowest BCUT2D eigenvalue weighted by molar-refractivity contribution is 0.608. The topological polar surface area (TPSA) is 26.0 Å². The molecule has 0 fully saturated rings. The van der Waals surface area contributed by atoms with Crippen molar-refractivity contribution in [3.63, 3.8) is 0 Å². The van der Waals surface area contributed by atoms with Crippen LogP contribution >= 0.6 is 11.8 Å². The third-order valence-electron chi connectivity index (χ3n) is 1.83. The molecule has 0 saturated carbocycles. The van der Waals surface area contributed by atoms with Crippen LogP contribution in [0.5, 0.6) is 0 Å². The number of thioether (sulfide) groups is 1. The second-order valence-corrected chi connectivity index (χ2v) is 4.18. The number of hydrogen-bond donors (Lipinski definition) is 1. The zero-order valence-electron chi connectivity index (χ0n) is 7.66. The van der Waals surface area contributed by atoms with Crippen LogP contribution in [0.4, 0.5) is 4.39 Å². The predicted octanol–water partition coefficient (Wildman–Crippen LogP) is 2.58. The third kappa shape index (κ3) is 2.71. The summed E-state index contributed by atoms with van der Waals surface area (Å²) in [5, 5.41) is 0.0891. The maximum atomic E-state index is 13.3. The Morgan fingerprint density at radius 2 is 2.15 bits per heavy atom. The van der Waals surface area contributed by atoms with Crippen LogP contribution in [0.15, 0.2) is 24.3 Å². The van der Waals surface area contributed by atoms with Gasteiger partial charge >= 0.3 is 0 Å². The van der Waals surface area contributed by atoms with Crippen molar-refractivity contribution in [3.05, 3.63) is 35.6 Å². The van der Waals surface area contributed by atoms with Crippen LogP contribution in [0.1, 0.15) is 17.7 Å². The molecule has 0 amide bonds. The lowest BCUT2D eigenvalue weighted by Crippen LogP contribution is -2.11. The van der Waals surface area contributed by atoms with E-state index in [1.807, 2.05) is 13.0 Å². The van der Waals surface area contributed by atoms with Gasteiger partial charge in [0.1, 0.15) is 5.82 Å². The fourth-order valence-corrected chi connectivity index (χ4v) is 2.13. The first-order valence-corrected chi connectivity index (χ1v) is 5.40. The standard InChI is InChI=1S/C10H14FNS/c1-2-13-10(7-12)8-5-3-4-6-9(8)11/h3-6,10H,2,7,12H2,1H3. The van der Waals surface area contributed by atoms with Crippen LogP contribution in [0.3, 0.4) is 0 Å². The van der Waals surface area contributed by atoms with Crippen molar-refractivity contribution in [1.29, 1.82) is 0 Å². The summed E-state index contributed by atoms with van der Waals surface area (Å²) in [5.74, 6) is 0.801. The molecule has 13 heavy (non-hydrogen) atoms. The predicted molar refractivity (Wildman–Crippen MR) is 56.3 cm³/mol. The van der Waals surface area contributed by atoms with Gasteiger partial charge in [0, 0.05) is 17.4 Å². The van der Waals surface area contributed by atoms with Crippen LogP contribution in [-0.4, -0.2) is 12.3 Å². The molecule has 1 unspecified atom stereocenters. The number of benzene rings is 1. The second kappa shape index (κ2) is 5.25. The molecule has 1 aromatic rings. The minimum atomic E-state index is -0.154. The molecule has 0 radical (unpaired) electrons. The maximum absolute atomic E-state index is 13.3. The smallest absolute Gasteiger partial charge is 0.127 e. The van der Waals surface area contributed by atoms with Crippen molar-refractivity contribution in [2.24, 2.45) is 5.73 Å². The van der Waals surface area contributed by atoms with E-state index in [1.54, 1.807) is 23.9 Å². The molecular weight excluding hydrogens is 185 g/mol. The minimum Gasteiger partial charge on any atom is -0.329 e. The van der Waals surface area contributed by atoms with E-state index in [0.29, 0.717) is 6.54 Å². The summed E-state index contributed by atoms with van der Waals surface area (Å²) in [6.45, 7) is 2.54. The lowest BCUT2D eigenvalue weighted by Gasteiger charge is -2.14. The van der Waals surface area contributed by atoms with E-state index in [0.717, 1.165) is 11.3 Å². The van der Waals surface area contributed by atoms with Gasteiger partial charge in [0.05, 0.1) is 0 Å². The molecule has 0 aliphatic rings. The molecule has 3 heteroatoms. The highest BCUT2D eigenvalue weighted by Gasteiger charge is 2.12. The summed E-state index contributed by atoms with van der Waals surface area (Å²) in [4.78, 5) is 0. The molecule has 0 aliphatic heterocycles. The summed E-state index contributed by atoms with van der Waals surface area (Å²) in [5.41, 5.74) is 6.29. The summed E-state index contributed by atoms with van der Waals surface area (Å²) in [6.07, 6.45) is 0. The van der Waals surface area contributed by atoms with Crippen LogP contribution in [0.2, 0.25) is 0 Å². The van der Waals surface area contributed by atoms with Gasteiger partial charge in [-0.15, -0.1) is 0 Å². The molecule has 0 heterocycles. The molecule has 0 bridgehead atoms. The van der Waals surface area contributed by atoms with Crippen molar-refractivity contribution in [2.75, 3.05) is 12.3 Å². The quantitative estimate of drug-likeness (QED) is 0.806. The van der Waals surface area contributed by atoms with Crippen LogP contribution < -0.4 is 5.73 Å². The highest BCUT2D eigenvalue weighted by atomic mass is 32.2. The first-order valence-electron chi connectivity index (χ1n) is 4.35. The average molecular weight is 199 g/mol. The summed E-state index contributed by atoms with van der Waals surface area (Å²) < 4.78 is 13.3. The van der Waals surface area contributed by atoms with Gasteiger partial charge in [0.2, 0.25) is 0 Å². The van der Waals surface area contributed by atoms with E-state index < -0.39 is 0 Å². The highest BCUT2D eigenvalue weighted by Crippen LogP contribution is 2.28. The lowest BCUT2D eigenvalue weighted by atomic mass is 10.1. The van der Waals surface area contributed by atoms with E-state index in [9.17, 15) is 4.39 Å². The van der Waals surface area contributed by atoms with Gasteiger partial charge in [-0.2, -0.15) is 11.8 Å². The summed E-state index contributed by atoms with van der Waals surface area (Å²) in [7, 11) is 0. The van der Waals surface area contributed by atoms with Crippen LogP contribution in [0, 0.1) is 5.82 Å². The van der Waals surface area contributed by atoms with E-state index in [-0.39, 0.29) is 11.1 Å². The molecule has 1 atom stereocenters. The third-order valence-corrected chi connectivity index (χ3v) is 3.02. The van der Waals surface area contributed by atoms with Gasteiger partial charge in [-0.3, -0.25) is 0 Å². The van der Waals surface area contributed by atoms with E-state index in [4.69, 9.17) is 5.73 Å². The molecule has 1 rings (SSSR count). The summed E-state index contributed by atoms with van der Waals surface area (Å²) in [6, 6.07) is 6.82. The van der Waals surface area contributed by atoms with Crippen molar-refractivity contribution in [1.82, 2.24) is 0 Å². The SMILES string of the molecule is CCSC(CN)c1ccccc1F. The normalized spacial score (nSPS) is 12.8. The Kier molecular flexibility index (Phi) is 4.25. The van der Waals surface area contributed by atoms with Gasteiger partial charge in [0.15, 0.2) is 0 Å². The number of rotatable bonds is 4. The Balaban J connectivity index is 2.84. The van der Waals surface area contributed by atoms with Crippen LogP contribution in [0.25, 0.3) is 0 Å². The first-order chi connectivity index (χ1) is 6.29. The average Bonchev–Trinajstić information content (AvgIpc) is 2.16. The molecule has 1 aromatic carbocycles. The maximum Gasteiger partial charge on any atom is 0.127 e. The molecular formula is C10H14FNS. The number of nitrogens with two attached hydrogens (primary N) is 1. The first kappa shape index (κ1) is 10.5. The fourth-order valence-electron chi connectivity index (χ4n) is 1.22. The van der Waals surface area contributed by atoms with E-state index in [1.165, 1.54) is 6.07 Å².